The topological polar surface area (TPSA) is 129 Å². The van der Waals surface area contributed by atoms with Crippen LogP contribution in [0.3, 0.4) is 0 Å². The Morgan fingerprint density at radius 2 is 1.86 bits per heavy atom. The Morgan fingerprint density at radius 3 is 2.48 bits per heavy atom. The summed E-state index contributed by atoms with van der Waals surface area (Å²) in [6.07, 6.45) is 1.92. The Balaban J connectivity index is 2.15. The van der Waals surface area contributed by atoms with E-state index in [-0.39, 0.29) is 28.3 Å². The van der Waals surface area contributed by atoms with E-state index in [1.54, 1.807) is 18.2 Å². The Labute approximate surface area is 165 Å². The van der Waals surface area contributed by atoms with Crippen molar-refractivity contribution in [3.8, 4) is 5.75 Å². The Hall–Kier alpha value is -3.88. The van der Waals surface area contributed by atoms with Crippen molar-refractivity contribution >= 4 is 28.7 Å². The number of hydrogen-bond donors (Lipinski definition) is 3. The summed E-state index contributed by atoms with van der Waals surface area (Å²) in [7, 11) is 1.14. The first kappa shape index (κ1) is 19.9. The number of nitrogens with one attached hydrogen (secondary N) is 2. The third-order valence-corrected chi connectivity index (χ3v) is 4.04. The first-order chi connectivity index (χ1) is 13.8. The lowest BCUT2D eigenvalue weighted by Crippen LogP contribution is -2.15. The van der Waals surface area contributed by atoms with Gasteiger partial charge in [0.25, 0.3) is 0 Å². The minimum Gasteiger partial charge on any atom is -0.504 e. The van der Waals surface area contributed by atoms with Crippen molar-refractivity contribution in [2.45, 2.75) is 13.3 Å². The van der Waals surface area contributed by atoms with Crippen molar-refractivity contribution in [1.82, 2.24) is 9.97 Å². The van der Waals surface area contributed by atoms with Gasteiger partial charge in [-0.05, 0) is 35.7 Å². The van der Waals surface area contributed by atoms with Gasteiger partial charge in [0.15, 0.2) is 17.3 Å². The van der Waals surface area contributed by atoms with Gasteiger partial charge in [0.1, 0.15) is 17.0 Å². The van der Waals surface area contributed by atoms with Gasteiger partial charge in [-0.2, -0.15) is 0 Å². The van der Waals surface area contributed by atoms with Gasteiger partial charge in [-0.15, -0.1) is 0 Å². The molecule has 0 spiro atoms. The van der Waals surface area contributed by atoms with Gasteiger partial charge >= 0.3 is 5.97 Å². The zero-order valence-corrected chi connectivity index (χ0v) is 15.6. The van der Waals surface area contributed by atoms with E-state index < -0.39 is 23.3 Å². The summed E-state index contributed by atoms with van der Waals surface area (Å²) in [6.45, 7) is 1.34. The molecule has 0 unspecified atom stereocenters. The fourth-order valence-electron chi connectivity index (χ4n) is 2.76. The first-order valence-corrected chi connectivity index (χ1v) is 8.46. The largest absolute Gasteiger partial charge is 0.504 e. The molecule has 2 heterocycles. The lowest BCUT2D eigenvalue weighted by Gasteiger charge is -2.12. The summed E-state index contributed by atoms with van der Waals surface area (Å²) in [4.78, 5) is 20.2. The molecule has 0 atom stereocenters. The molecule has 0 aliphatic carbocycles. The normalized spacial score (nSPS) is 10.6. The molecule has 0 aliphatic heterocycles. The number of hydrogen-bond acceptors (Lipinski definition) is 8. The molecular formula is C20H17FN4O4. The van der Waals surface area contributed by atoms with Crippen LogP contribution >= 0.6 is 0 Å². The average Bonchev–Trinajstić information content (AvgIpc) is 2.69. The molecule has 0 bridgehead atoms. The van der Waals surface area contributed by atoms with Gasteiger partial charge in [-0.25, -0.2) is 14.2 Å². The standard InChI is InChI=1S/C20H17FN4O4/c1-10(22)29-19(23)16-14-8-12(7-11-3-5-13(21)6-4-11)9-24-15(14)18(26)17(25-16)20(27)28-2/h3-6,8-9,22-23,26H,7H2,1-2H3. The summed E-state index contributed by atoms with van der Waals surface area (Å²) in [5.74, 6) is -2.45. The molecule has 0 saturated heterocycles. The van der Waals surface area contributed by atoms with Crippen LogP contribution in [0.5, 0.6) is 5.75 Å². The summed E-state index contributed by atoms with van der Waals surface area (Å²) >= 11 is 0. The number of nitrogens with zero attached hydrogens (tertiary/aromatic N) is 2. The van der Waals surface area contributed by atoms with Crippen LogP contribution in [0.15, 0.2) is 36.5 Å². The zero-order chi connectivity index (χ0) is 21.1. The third-order valence-electron chi connectivity index (χ3n) is 4.04. The number of methoxy groups -OCH3 is 1. The number of pyridine rings is 2. The molecular weight excluding hydrogens is 379 g/mol. The summed E-state index contributed by atoms with van der Waals surface area (Å²) in [5.41, 5.74) is 1.09. The fraction of sp³-hybridized carbons (Fsp3) is 0.150. The number of ether oxygens (including phenoxy) is 2. The van der Waals surface area contributed by atoms with E-state index in [4.69, 9.17) is 15.6 Å². The molecule has 8 nitrogen and oxygen atoms in total. The maximum absolute atomic E-state index is 13.1. The minimum absolute atomic E-state index is 0.0363. The number of carbonyl (C=O) groups is 1. The van der Waals surface area contributed by atoms with Crippen molar-refractivity contribution in [1.29, 1.82) is 10.8 Å². The van der Waals surface area contributed by atoms with Crippen LogP contribution in [0.2, 0.25) is 0 Å². The highest BCUT2D eigenvalue weighted by atomic mass is 19.1. The van der Waals surface area contributed by atoms with E-state index >= 15 is 0 Å². The van der Waals surface area contributed by atoms with Gasteiger partial charge < -0.3 is 14.6 Å². The second-order valence-electron chi connectivity index (χ2n) is 6.18. The number of aromatic hydroxyl groups is 1. The van der Waals surface area contributed by atoms with Crippen molar-refractivity contribution in [3.63, 3.8) is 0 Å². The SMILES string of the molecule is COC(=O)c1nc(C(=N)OC(C)=N)c2cc(Cc3ccc(F)cc3)cnc2c1O. The number of aromatic nitrogens is 2. The smallest absolute Gasteiger partial charge is 0.360 e. The molecule has 29 heavy (non-hydrogen) atoms. The highest BCUT2D eigenvalue weighted by molar-refractivity contribution is 6.10. The number of rotatable bonds is 4. The molecule has 0 amide bonds. The number of benzene rings is 1. The molecule has 0 radical (unpaired) electrons. The van der Waals surface area contributed by atoms with E-state index in [9.17, 15) is 14.3 Å². The Morgan fingerprint density at radius 1 is 1.17 bits per heavy atom. The summed E-state index contributed by atoms with van der Waals surface area (Å²) < 4.78 is 22.8. The van der Waals surface area contributed by atoms with Gasteiger partial charge in [0.05, 0.1) is 7.11 Å². The Kier molecular flexibility index (Phi) is 5.49. The van der Waals surface area contributed by atoms with Crippen LogP contribution in [0.4, 0.5) is 4.39 Å². The second kappa shape index (κ2) is 8.01. The summed E-state index contributed by atoms with van der Waals surface area (Å²) in [6, 6.07) is 7.62. The van der Waals surface area contributed by atoms with E-state index in [1.165, 1.54) is 25.3 Å². The third kappa shape index (κ3) is 4.18. The average molecular weight is 396 g/mol. The highest BCUT2D eigenvalue weighted by Gasteiger charge is 2.23. The highest BCUT2D eigenvalue weighted by Crippen LogP contribution is 2.30. The molecule has 0 saturated carbocycles. The number of esters is 1. The van der Waals surface area contributed by atoms with Crippen LogP contribution in [0.1, 0.15) is 34.2 Å². The zero-order valence-electron chi connectivity index (χ0n) is 15.6. The van der Waals surface area contributed by atoms with Crippen LogP contribution in [-0.4, -0.2) is 39.9 Å². The minimum atomic E-state index is -0.901. The fourth-order valence-corrected chi connectivity index (χ4v) is 2.76. The lowest BCUT2D eigenvalue weighted by molar-refractivity contribution is 0.0590. The number of fused-ring (bicyclic) bond motifs is 1. The quantitative estimate of drug-likeness (QED) is 0.353. The molecule has 9 heteroatoms. The molecule has 3 rings (SSSR count). The van der Waals surface area contributed by atoms with Crippen molar-refractivity contribution in [2.24, 2.45) is 0 Å². The maximum Gasteiger partial charge on any atom is 0.360 e. The predicted octanol–water partition coefficient (Wildman–Crippen LogP) is 3.19. The second-order valence-corrected chi connectivity index (χ2v) is 6.18. The Bertz CT molecular complexity index is 1130. The van der Waals surface area contributed by atoms with E-state index in [0.717, 1.165) is 12.7 Å². The van der Waals surface area contributed by atoms with Crippen LogP contribution < -0.4 is 0 Å². The van der Waals surface area contributed by atoms with Crippen molar-refractivity contribution in [3.05, 3.63) is 64.9 Å². The molecule has 2 aromatic heterocycles. The molecule has 3 aromatic rings. The monoisotopic (exact) mass is 396 g/mol. The van der Waals surface area contributed by atoms with E-state index in [0.29, 0.717) is 12.0 Å². The van der Waals surface area contributed by atoms with E-state index in [2.05, 4.69) is 14.7 Å². The molecule has 0 fully saturated rings. The van der Waals surface area contributed by atoms with Gasteiger partial charge in [0.2, 0.25) is 5.90 Å². The van der Waals surface area contributed by atoms with Crippen molar-refractivity contribution in [2.75, 3.05) is 7.11 Å². The van der Waals surface area contributed by atoms with Crippen LogP contribution in [-0.2, 0) is 15.9 Å². The number of carbonyl (C=O) groups excluding carboxylic acids is 1. The molecule has 1 aromatic carbocycles. The molecule has 148 valence electrons. The predicted molar refractivity (Wildman–Crippen MR) is 103 cm³/mol. The van der Waals surface area contributed by atoms with E-state index in [1.807, 2.05) is 0 Å². The van der Waals surface area contributed by atoms with Crippen LogP contribution in [0.25, 0.3) is 10.9 Å². The number of halogens is 1. The molecule has 0 aliphatic rings. The van der Waals surface area contributed by atoms with Gasteiger partial charge in [-0.1, -0.05) is 12.1 Å². The lowest BCUT2D eigenvalue weighted by atomic mass is 10.0. The van der Waals surface area contributed by atoms with Gasteiger partial charge in [0, 0.05) is 18.5 Å². The van der Waals surface area contributed by atoms with Crippen molar-refractivity contribution < 1.29 is 23.8 Å². The first-order valence-electron chi connectivity index (χ1n) is 8.46. The van der Waals surface area contributed by atoms with Crippen LogP contribution in [0, 0.1) is 16.6 Å². The van der Waals surface area contributed by atoms with Gasteiger partial charge in [-0.3, -0.25) is 15.8 Å². The molecule has 3 N–H and O–H groups in total. The maximum atomic E-state index is 13.1. The summed E-state index contributed by atoms with van der Waals surface area (Å²) in [5, 5.41) is 26.2.